The van der Waals surface area contributed by atoms with Crippen LogP contribution in [0.5, 0.6) is 0 Å². The average molecular weight is 623 g/mol. The van der Waals surface area contributed by atoms with Gasteiger partial charge in [0.25, 0.3) is 5.91 Å². The molecule has 0 atom stereocenters. The molecule has 2 aromatic carbocycles. The molecule has 2 amide bonds. The Balaban J connectivity index is 1.57. The van der Waals surface area contributed by atoms with Gasteiger partial charge in [0.15, 0.2) is 0 Å². The molecular weight excluding hydrogens is 576 g/mol. The van der Waals surface area contributed by atoms with Gasteiger partial charge in [-0.15, -0.1) is 0 Å². The fourth-order valence-electron chi connectivity index (χ4n) is 6.77. The number of sulfonamides is 1. The molecule has 2 aliphatic rings. The molecule has 0 bridgehead atoms. The number of carbonyl (C=O) groups is 2. The molecule has 2 fully saturated rings. The zero-order chi connectivity index (χ0) is 31.7. The maximum Gasteiger partial charge on any atom is 0.253 e. The van der Waals surface area contributed by atoms with E-state index in [9.17, 15) is 18.0 Å². The number of aromatic nitrogens is 1. The quantitative estimate of drug-likeness (QED) is 0.299. The third-order valence-corrected chi connectivity index (χ3v) is 11.0. The number of primary amides is 1. The van der Waals surface area contributed by atoms with E-state index in [2.05, 4.69) is 14.6 Å². The zero-order valence-corrected chi connectivity index (χ0v) is 27.2. The molecule has 2 heterocycles. The molecular formula is C34H46N4O5S. The highest BCUT2D eigenvalue weighted by molar-refractivity contribution is 7.89. The zero-order valence-electron chi connectivity index (χ0n) is 26.4. The molecule has 3 aromatic rings. The maximum absolute atomic E-state index is 13.7. The molecule has 0 radical (unpaired) electrons. The molecule has 1 saturated heterocycles. The molecule has 1 saturated carbocycles. The number of ether oxygens (including phenoxy) is 1. The Bertz CT molecular complexity index is 1640. The Morgan fingerprint density at radius 3 is 2.32 bits per heavy atom. The summed E-state index contributed by atoms with van der Waals surface area (Å²) in [5.74, 6) is -0.182. The second kappa shape index (κ2) is 12.7. The number of nitrogens with zero attached hydrogens (tertiary/aromatic N) is 1. The summed E-state index contributed by atoms with van der Waals surface area (Å²) in [6, 6.07) is 13.0. The van der Waals surface area contributed by atoms with Gasteiger partial charge in [0, 0.05) is 54.2 Å². The molecule has 238 valence electrons. The number of hydrogen-bond donors (Lipinski definition) is 3. The van der Waals surface area contributed by atoms with E-state index >= 15 is 0 Å². The predicted octanol–water partition coefficient (Wildman–Crippen LogP) is 5.29. The van der Waals surface area contributed by atoms with Gasteiger partial charge < -0.3 is 20.4 Å². The number of rotatable bonds is 9. The lowest BCUT2D eigenvalue weighted by molar-refractivity contribution is -0.132. The predicted molar refractivity (Wildman–Crippen MR) is 173 cm³/mol. The van der Waals surface area contributed by atoms with Crippen molar-refractivity contribution in [3.63, 3.8) is 0 Å². The van der Waals surface area contributed by atoms with Crippen LogP contribution in [-0.4, -0.2) is 50.1 Å². The first-order chi connectivity index (χ1) is 20.8. The van der Waals surface area contributed by atoms with Crippen molar-refractivity contribution in [2.45, 2.75) is 89.6 Å². The molecule has 0 unspecified atom stereocenters. The number of amides is 2. The molecule has 9 nitrogen and oxygen atoms in total. The van der Waals surface area contributed by atoms with Crippen LogP contribution in [0, 0.1) is 18.3 Å². The monoisotopic (exact) mass is 622 g/mol. The summed E-state index contributed by atoms with van der Waals surface area (Å²) in [7, 11) is -3.79. The van der Waals surface area contributed by atoms with Gasteiger partial charge in [-0.1, -0.05) is 49.6 Å². The van der Waals surface area contributed by atoms with E-state index in [1.165, 1.54) is 19.3 Å². The van der Waals surface area contributed by atoms with Crippen molar-refractivity contribution in [3.05, 3.63) is 53.7 Å². The summed E-state index contributed by atoms with van der Waals surface area (Å²) in [6.45, 7) is 9.23. The van der Waals surface area contributed by atoms with E-state index < -0.39 is 26.9 Å². The first-order valence-electron chi connectivity index (χ1n) is 15.7. The Hall–Kier alpha value is -3.21. The summed E-state index contributed by atoms with van der Waals surface area (Å²) in [6.07, 6.45) is 6.86. The summed E-state index contributed by atoms with van der Waals surface area (Å²) >= 11 is 0. The van der Waals surface area contributed by atoms with Crippen LogP contribution in [0.3, 0.4) is 0 Å². The number of hydrogen-bond acceptors (Lipinski definition) is 5. The van der Waals surface area contributed by atoms with Gasteiger partial charge in [-0.25, -0.2) is 13.1 Å². The fourth-order valence-corrected chi connectivity index (χ4v) is 8.40. The van der Waals surface area contributed by atoms with Gasteiger partial charge in [0.05, 0.1) is 15.9 Å². The van der Waals surface area contributed by atoms with E-state index in [-0.39, 0.29) is 17.3 Å². The number of benzene rings is 2. The molecule has 5 rings (SSSR count). The van der Waals surface area contributed by atoms with Crippen LogP contribution in [0.2, 0.25) is 0 Å². The lowest BCUT2D eigenvalue weighted by Crippen LogP contribution is -2.49. The van der Waals surface area contributed by atoms with E-state index in [1.807, 2.05) is 64.1 Å². The first kappa shape index (κ1) is 32.2. The largest absolute Gasteiger partial charge is 0.381 e. The van der Waals surface area contributed by atoms with Crippen LogP contribution in [-0.2, 0) is 26.1 Å². The summed E-state index contributed by atoms with van der Waals surface area (Å²) < 4.78 is 37.4. The van der Waals surface area contributed by atoms with Crippen molar-refractivity contribution in [1.29, 1.82) is 0 Å². The van der Waals surface area contributed by atoms with Gasteiger partial charge in [0.2, 0.25) is 15.9 Å². The average Bonchev–Trinajstić information content (AvgIpc) is 3.30. The Labute approximate surface area is 261 Å². The van der Waals surface area contributed by atoms with Gasteiger partial charge >= 0.3 is 0 Å². The lowest BCUT2D eigenvalue weighted by atomic mass is 9.79. The van der Waals surface area contributed by atoms with Crippen molar-refractivity contribution >= 4 is 32.6 Å². The van der Waals surface area contributed by atoms with E-state index in [0.29, 0.717) is 42.9 Å². The number of fused-ring (bicyclic) bond motifs is 1. The van der Waals surface area contributed by atoms with Gasteiger partial charge in [0.1, 0.15) is 0 Å². The van der Waals surface area contributed by atoms with Crippen LogP contribution in [0.4, 0.5) is 0 Å². The number of nitrogens with one attached hydrogen (secondary N) is 2. The van der Waals surface area contributed by atoms with Crippen molar-refractivity contribution in [3.8, 4) is 11.3 Å². The van der Waals surface area contributed by atoms with Crippen LogP contribution < -0.4 is 15.8 Å². The normalized spacial score (nSPS) is 17.9. The van der Waals surface area contributed by atoms with Gasteiger partial charge in [-0.05, 0) is 76.8 Å². The summed E-state index contributed by atoms with van der Waals surface area (Å²) in [5, 5.41) is 4.44. The second-order valence-corrected chi connectivity index (χ2v) is 15.2. The molecule has 44 heavy (non-hydrogen) atoms. The van der Waals surface area contributed by atoms with E-state index in [0.717, 1.165) is 41.7 Å². The number of carbonyl (C=O) groups excluding carboxylic acids is 2. The standard InChI is InChI=1S/C34H46N4O5S/c1-23-28(31(39)36-22-34(32(35)40)16-18-43-19-17-34)20-29(38(23)21-24-10-6-5-7-11-24)26-14-15-30(27-13-9-8-12-25(26)27)44(41,42)37-33(2,3)4/h8-9,12-15,20,24,37H,5-7,10-11,16-19,21-22H2,1-4H3,(H2,35,40)(H,36,39). The van der Waals surface area contributed by atoms with Crippen LogP contribution in [0.15, 0.2) is 47.4 Å². The third-order valence-electron chi connectivity index (χ3n) is 9.23. The Morgan fingerprint density at radius 1 is 1.02 bits per heavy atom. The van der Waals surface area contributed by atoms with Crippen molar-refractivity contribution < 1.29 is 22.7 Å². The summed E-state index contributed by atoms with van der Waals surface area (Å²) in [4.78, 5) is 26.4. The SMILES string of the molecule is Cc1c(C(=O)NCC2(C(N)=O)CCOCC2)cc(-c2ccc(S(=O)(=O)NC(C)(C)C)c3ccccc23)n1CC1CCCCC1. The highest BCUT2D eigenvalue weighted by Crippen LogP contribution is 2.37. The Morgan fingerprint density at radius 2 is 1.68 bits per heavy atom. The lowest BCUT2D eigenvalue weighted by Gasteiger charge is -2.34. The minimum Gasteiger partial charge on any atom is -0.381 e. The highest BCUT2D eigenvalue weighted by atomic mass is 32.2. The topological polar surface area (TPSA) is 133 Å². The van der Waals surface area contributed by atoms with E-state index in [4.69, 9.17) is 10.5 Å². The molecule has 1 aliphatic heterocycles. The minimum absolute atomic E-state index is 0.156. The fraction of sp³-hybridized carbons (Fsp3) is 0.529. The molecule has 4 N–H and O–H groups in total. The summed E-state index contributed by atoms with van der Waals surface area (Å²) in [5.41, 5.74) is 7.46. The van der Waals surface area contributed by atoms with Crippen LogP contribution >= 0.6 is 0 Å². The molecule has 10 heteroatoms. The van der Waals surface area contributed by atoms with Crippen molar-refractivity contribution in [1.82, 2.24) is 14.6 Å². The van der Waals surface area contributed by atoms with E-state index in [1.54, 1.807) is 6.07 Å². The smallest absolute Gasteiger partial charge is 0.253 e. The Kier molecular flexibility index (Phi) is 9.26. The molecule has 1 aromatic heterocycles. The van der Waals surface area contributed by atoms with Gasteiger partial charge in [-0.3, -0.25) is 9.59 Å². The maximum atomic E-state index is 13.7. The highest BCUT2D eigenvalue weighted by Gasteiger charge is 2.39. The number of nitrogens with two attached hydrogens (primary N) is 1. The van der Waals surface area contributed by atoms with Crippen molar-refractivity contribution in [2.24, 2.45) is 17.1 Å². The van der Waals surface area contributed by atoms with Crippen LogP contribution in [0.1, 0.15) is 81.8 Å². The molecule has 0 spiro atoms. The van der Waals surface area contributed by atoms with Crippen molar-refractivity contribution in [2.75, 3.05) is 19.8 Å². The first-order valence-corrected chi connectivity index (χ1v) is 17.2. The minimum atomic E-state index is -3.79. The third kappa shape index (κ3) is 6.72. The molecule has 1 aliphatic carbocycles. The van der Waals surface area contributed by atoms with Crippen LogP contribution in [0.25, 0.3) is 22.0 Å². The van der Waals surface area contributed by atoms with Gasteiger partial charge in [-0.2, -0.15) is 0 Å². The second-order valence-electron chi connectivity index (χ2n) is 13.6.